The Morgan fingerprint density at radius 2 is 1.95 bits per heavy atom. The summed E-state index contributed by atoms with van der Waals surface area (Å²) in [5.74, 6) is -0.419. The van der Waals surface area contributed by atoms with Crippen LogP contribution in [-0.2, 0) is 0 Å². The zero-order chi connectivity index (χ0) is 15.6. The number of ketones is 1. The Labute approximate surface area is 128 Å². The average Bonchev–Trinajstić information content (AvgIpc) is 2.37. The summed E-state index contributed by atoms with van der Waals surface area (Å²) in [6.07, 6.45) is -0.792. The number of rotatable bonds is 4. The molecule has 0 saturated carbocycles. The molecule has 110 valence electrons. The SMILES string of the molecule is Cc1cc(C)c(C(=O)C(C)Oc2cccc(Cl)c2)c(F)c1. The first-order chi connectivity index (χ1) is 9.88. The maximum Gasteiger partial charge on any atom is 0.206 e. The number of carbonyl (C=O) groups is 1. The fourth-order valence-electron chi connectivity index (χ4n) is 2.23. The molecule has 0 aliphatic carbocycles. The molecule has 0 radical (unpaired) electrons. The van der Waals surface area contributed by atoms with E-state index in [-0.39, 0.29) is 11.3 Å². The lowest BCUT2D eigenvalue weighted by Crippen LogP contribution is -2.25. The van der Waals surface area contributed by atoms with Crippen LogP contribution < -0.4 is 4.74 Å². The molecule has 2 aromatic rings. The van der Waals surface area contributed by atoms with Crippen LogP contribution in [0.2, 0.25) is 5.02 Å². The van der Waals surface area contributed by atoms with E-state index in [1.807, 2.05) is 0 Å². The van der Waals surface area contributed by atoms with Gasteiger partial charge in [0, 0.05) is 5.02 Å². The predicted molar refractivity (Wildman–Crippen MR) is 81.7 cm³/mol. The number of Topliss-reactive ketones (excluding diaryl/α,β-unsaturated/α-hetero) is 1. The smallest absolute Gasteiger partial charge is 0.206 e. The molecule has 0 bridgehead atoms. The van der Waals surface area contributed by atoms with Gasteiger partial charge in [-0.2, -0.15) is 0 Å². The maximum atomic E-state index is 14.0. The zero-order valence-electron chi connectivity index (χ0n) is 12.1. The summed E-state index contributed by atoms with van der Waals surface area (Å²) >= 11 is 5.87. The normalized spacial score (nSPS) is 12.0. The highest BCUT2D eigenvalue weighted by Crippen LogP contribution is 2.22. The monoisotopic (exact) mass is 306 g/mol. The first-order valence-corrected chi connectivity index (χ1v) is 6.99. The van der Waals surface area contributed by atoms with Crippen LogP contribution in [0.25, 0.3) is 0 Å². The van der Waals surface area contributed by atoms with Crippen LogP contribution >= 0.6 is 11.6 Å². The molecule has 0 aliphatic rings. The summed E-state index contributed by atoms with van der Waals surface area (Å²) in [6, 6.07) is 9.89. The zero-order valence-corrected chi connectivity index (χ0v) is 12.9. The Bertz CT molecular complexity index is 659. The Kier molecular flexibility index (Phi) is 4.63. The van der Waals surface area contributed by atoms with Crippen LogP contribution in [0.3, 0.4) is 0 Å². The predicted octanol–water partition coefficient (Wildman–Crippen LogP) is 4.75. The average molecular weight is 307 g/mol. The van der Waals surface area contributed by atoms with E-state index in [9.17, 15) is 9.18 Å². The first kappa shape index (κ1) is 15.5. The van der Waals surface area contributed by atoms with Gasteiger partial charge in [0.2, 0.25) is 5.78 Å². The molecule has 0 spiro atoms. The second-order valence-electron chi connectivity index (χ2n) is 5.02. The number of carbonyl (C=O) groups excluding carboxylic acids is 1. The van der Waals surface area contributed by atoms with Gasteiger partial charge < -0.3 is 4.74 Å². The van der Waals surface area contributed by atoms with Gasteiger partial charge in [-0.3, -0.25) is 4.79 Å². The lowest BCUT2D eigenvalue weighted by atomic mass is 9.99. The fourth-order valence-corrected chi connectivity index (χ4v) is 2.41. The van der Waals surface area contributed by atoms with Crippen molar-refractivity contribution in [2.45, 2.75) is 26.9 Å². The van der Waals surface area contributed by atoms with Crippen LogP contribution in [0.1, 0.15) is 28.4 Å². The van der Waals surface area contributed by atoms with Crippen molar-refractivity contribution < 1.29 is 13.9 Å². The molecule has 0 amide bonds. The molecule has 0 aromatic heterocycles. The van der Waals surface area contributed by atoms with Gasteiger partial charge in [-0.05, 0) is 56.2 Å². The Hall–Kier alpha value is -1.87. The van der Waals surface area contributed by atoms with E-state index >= 15 is 0 Å². The van der Waals surface area contributed by atoms with Crippen LogP contribution in [0, 0.1) is 19.7 Å². The van der Waals surface area contributed by atoms with Crippen molar-refractivity contribution in [1.82, 2.24) is 0 Å². The molecule has 2 rings (SSSR count). The summed E-state index contributed by atoms with van der Waals surface area (Å²) in [7, 11) is 0. The minimum Gasteiger partial charge on any atom is -0.483 e. The van der Waals surface area contributed by atoms with Crippen molar-refractivity contribution >= 4 is 17.4 Å². The molecule has 1 atom stereocenters. The topological polar surface area (TPSA) is 26.3 Å². The molecular formula is C17H16ClFO2. The second-order valence-corrected chi connectivity index (χ2v) is 5.46. The van der Waals surface area contributed by atoms with E-state index in [0.29, 0.717) is 16.3 Å². The highest BCUT2D eigenvalue weighted by molar-refractivity contribution is 6.30. The molecule has 0 N–H and O–H groups in total. The van der Waals surface area contributed by atoms with Gasteiger partial charge in [0.25, 0.3) is 0 Å². The van der Waals surface area contributed by atoms with Gasteiger partial charge in [-0.1, -0.05) is 23.7 Å². The van der Waals surface area contributed by atoms with Gasteiger partial charge >= 0.3 is 0 Å². The summed E-state index contributed by atoms with van der Waals surface area (Å²) in [5.41, 5.74) is 1.47. The van der Waals surface area contributed by atoms with Crippen LogP contribution in [-0.4, -0.2) is 11.9 Å². The van der Waals surface area contributed by atoms with Crippen LogP contribution in [0.5, 0.6) is 5.75 Å². The number of hydrogen-bond donors (Lipinski definition) is 0. The summed E-state index contributed by atoms with van der Waals surface area (Å²) < 4.78 is 19.6. The number of ether oxygens (including phenoxy) is 1. The van der Waals surface area contributed by atoms with Gasteiger partial charge in [-0.15, -0.1) is 0 Å². The largest absolute Gasteiger partial charge is 0.483 e. The third-order valence-corrected chi connectivity index (χ3v) is 3.39. The summed E-state index contributed by atoms with van der Waals surface area (Å²) in [4.78, 5) is 12.4. The Balaban J connectivity index is 2.24. The molecule has 21 heavy (non-hydrogen) atoms. The minimum atomic E-state index is -0.792. The van der Waals surface area contributed by atoms with Gasteiger partial charge in [-0.25, -0.2) is 4.39 Å². The van der Waals surface area contributed by atoms with Crippen molar-refractivity contribution in [3.05, 3.63) is 63.9 Å². The van der Waals surface area contributed by atoms with E-state index in [0.717, 1.165) is 5.56 Å². The van der Waals surface area contributed by atoms with Gasteiger partial charge in [0.05, 0.1) is 5.56 Å². The standard InChI is InChI=1S/C17H16ClFO2/c1-10-7-11(2)16(15(19)8-10)17(20)12(3)21-14-6-4-5-13(18)9-14/h4-9,12H,1-3H3. The second kappa shape index (κ2) is 6.27. The van der Waals surface area contributed by atoms with Crippen molar-refractivity contribution in [3.63, 3.8) is 0 Å². The lowest BCUT2D eigenvalue weighted by Gasteiger charge is -2.16. The molecule has 1 unspecified atom stereocenters. The van der Waals surface area contributed by atoms with E-state index in [4.69, 9.17) is 16.3 Å². The molecule has 2 nitrogen and oxygen atoms in total. The van der Waals surface area contributed by atoms with Crippen LogP contribution in [0.4, 0.5) is 4.39 Å². The number of benzene rings is 2. The fraction of sp³-hybridized carbons (Fsp3) is 0.235. The van der Waals surface area contributed by atoms with Gasteiger partial charge in [0.15, 0.2) is 6.10 Å². The van der Waals surface area contributed by atoms with E-state index < -0.39 is 11.9 Å². The maximum absolute atomic E-state index is 14.0. The van der Waals surface area contributed by atoms with Crippen molar-refractivity contribution in [2.75, 3.05) is 0 Å². The van der Waals surface area contributed by atoms with Crippen LogP contribution in [0.15, 0.2) is 36.4 Å². The molecule has 2 aromatic carbocycles. The quantitative estimate of drug-likeness (QED) is 0.762. The minimum absolute atomic E-state index is 0.0788. The van der Waals surface area contributed by atoms with E-state index in [2.05, 4.69) is 0 Å². The molecule has 0 aliphatic heterocycles. The molecule has 0 heterocycles. The molecule has 4 heteroatoms. The van der Waals surface area contributed by atoms with Crippen molar-refractivity contribution in [1.29, 1.82) is 0 Å². The van der Waals surface area contributed by atoms with E-state index in [1.165, 1.54) is 6.07 Å². The van der Waals surface area contributed by atoms with Crippen molar-refractivity contribution in [3.8, 4) is 5.75 Å². The lowest BCUT2D eigenvalue weighted by molar-refractivity contribution is 0.0813. The molecule has 0 fully saturated rings. The van der Waals surface area contributed by atoms with Gasteiger partial charge in [0.1, 0.15) is 11.6 Å². The highest BCUT2D eigenvalue weighted by atomic mass is 35.5. The summed E-state index contributed by atoms with van der Waals surface area (Å²) in [5, 5.41) is 0.518. The number of hydrogen-bond acceptors (Lipinski definition) is 2. The Morgan fingerprint density at radius 1 is 1.24 bits per heavy atom. The summed E-state index contributed by atoms with van der Waals surface area (Å²) in [6.45, 7) is 5.10. The highest BCUT2D eigenvalue weighted by Gasteiger charge is 2.22. The molecule has 0 saturated heterocycles. The number of halogens is 2. The van der Waals surface area contributed by atoms with E-state index in [1.54, 1.807) is 51.1 Å². The van der Waals surface area contributed by atoms with Crippen molar-refractivity contribution in [2.24, 2.45) is 0 Å². The molecular weight excluding hydrogens is 291 g/mol. The third-order valence-electron chi connectivity index (χ3n) is 3.16. The third kappa shape index (κ3) is 3.61. The Morgan fingerprint density at radius 3 is 2.57 bits per heavy atom. The number of aryl methyl sites for hydroxylation is 2. The first-order valence-electron chi connectivity index (χ1n) is 6.61.